The minimum atomic E-state index is -1.04. The van der Waals surface area contributed by atoms with Gasteiger partial charge in [-0.2, -0.15) is 5.10 Å². The Labute approximate surface area is 116 Å². The number of hydrogen-bond acceptors (Lipinski definition) is 3. The number of aromatic carboxylic acids is 1. The number of nitrogens with one attached hydrogen (secondary N) is 1. The molecule has 4 aliphatic rings. The lowest BCUT2D eigenvalue weighted by Crippen LogP contribution is -2.44. The highest BCUT2D eigenvalue weighted by Gasteiger charge is 2.49. The van der Waals surface area contributed by atoms with Gasteiger partial charge in [0, 0.05) is 6.07 Å². The zero-order valence-electron chi connectivity index (χ0n) is 11.2. The van der Waals surface area contributed by atoms with Gasteiger partial charge in [-0.1, -0.05) is 0 Å². The van der Waals surface area contributed by atoms with Crippen molar-refractivity contribution in [3.05, 3.63) is 27.7 Å². The van der Waals surface area contributed by atoms with Crippen LogP contribution in [0, 0.1) is 23.7 Å². The van der Waals surface area contributed by atoms with Crippen molar-refractivity contribution >= 4 is 5.97 Å². The Morgan fingerprint density at radius 1 is 1.15 bits per heavy atom. The number of aromatic nitrogens is 2. The Kier molecular flexibility index (Phi) is 2.53. The van der Waals surface area contributed by atoms with Gasteiger partial charge in [-0.15, -0.1) is 0 Å². The molecule has 4 bridgehead atoms. The number of carbonyl (C=O) groups is 1. The molecule has 1 aromatic rings. The Balaban J connectivity index is 1.79. The van der Waals surface area contributed by atoms with Crippen LogP contribution in [0.4, 0.5) is 0 Å². The monoisotopic (exact) mass is 274 g/mol. The minimum Gasteiger partial charge on any atom is -0.476 e. The molecule has 0 aliphatic heterocycles. The van der Waals surface area contributed by atoms with Crippen LogP contribution in [0.3, 0.4) is 0 Å². The first-order valence-corrected chi connectivity index (χ1v) is 7.44. The van der Waals surface area contributed by atoms with Crippen LogP contribution in [-0.4, -0.2) is 21.3 Å². The fourth-order valence-corrected chi connectivity index (χ4v) is 5.28. The third kappa shape index (κ3) is 1.72. The number of H-pyrrole nitrogens is 1. The summed E-state index contributed by atoms with van der Waals surface area (Å²) < 4.78 is 0. The summed E-state index contributed by atoms with van der Waals surface area (Å²) in [7, 11) is 0. The fourth-order valence-electron chi connectivity index (χ4n) is 5.28. The van der Waals surface area contributed by atoms with Crippen LogP contribution < -0.4 is 5.56 Å². The van der Waals surface area contributed by atoms with E-state index >= 15 is 0 Å². The number of hydrogen-bond donors (Lipinski definition) is 2. The lowest BCUT2D eigenvalue weighted by molar-refractivity contribution is -0.00339. The first-order chi connectivity index (χ1) is 9.61. The van der Waals surface area contributed by atoms with E-state index in [0.29, 0.717) is 17.4 Å². The molecular formula is C15H18N2O3. The Hall–Kier alpha value is -1.65. The molecule has 106 valence electrons. The second-order valence-corrected chi connectivity index (χ2v) is 6.80. The van der Waals surface area contributed by atoms with Crippen molar-refractivity contribution < 1.29 is 9.90 Å². The maximum absolute atomic E-state index is 11.6. The number of aromatic amines is 1. The zero-order valence-corrected chi connectivity index (χ0v) is 11.2. The Morgan fingerprint density at radius 3 is 2.30 bits per heavy atom. The van der Waals surface area contributed by atoms with Crippen molar-refractivity contribution in [3.63, 3.8) is 0 Å². The van der Waals surface area contributed by atoms with E-state index in [9.17, 15) is 14.7 Å². The van der Waals surface area contributed by atoms with Gasteiger partial charge < -0.3 is 5.11 Å². The summed E-state index contributed by atoms with van der Waals surface area (Å²) in [6, 6.07) is 1.48. The molecule has 0 atom stereocenters. The number of carboxylic acids is 1. The van der Waals surface area contributed by atoms with E-state index in [4.69, 9.17) is 0 Å². The van der Waals surface area contributed by atoms with Crippen LogP contribution >= 0.6 is 0 Å². The van der Waals surface area contributed by atoms with Gasteiger partial charge in [0.25, 0.3) is 5.56 Å². The molecule has 0 amide bonds. The quantitative estimate of drug-likeness (QED) is 0.864. The molecule has 20 heavy (non-hydrogen) atoms. The highest BCUT2D eigenvalue weighted by molar-refractivity contribution is 5.87. The summed E-state index contributed by atoms with van der Waals surface area (Å²) in [5, 5.41) is 15.4. The lowest BCUT2D eigenvalue weighted by Gasteiger charge is -2.54. The van der Waals surface area contributed by atoms with E-state index in [-0.39, 0.29) is 17.2 Å². The lowest BCUT2D eigenvalue weighted by atomic mass is 9.50. The summed E-state index contributed by atoms with van der Waals surface area (Å²) in [6.45, 7) is 0. The van der Waals surface area contributed by atoms with E-state index in [2.05, 4.69) is 10.2 Å². The SMILES string of the molecule is O=C(O)c1n[nH]c(=O)cc1C1C2CC3CC(C2)CC1C3. The standard InChI is InChI=1S/C15H18N2O3/c18-12-6-11(14(15(19)20)17-16-12)13-9-2-7-1-8(4-9)5-10(13)3-7/h6-10,13H,1-5H2,(H,16,18)(H,19,20). The van der Waals surface area contributed by atoms with Gasteiger partial charge in [-0.25, -0.2) is 9.89 Å². The van der Waals surface area contributed by atoms with Crippen LogP contribution in [0.2, 0.25) is 0 Å². The molecule has 0 aromatic carbocycles. The fraction of sp³-hybridized carbons (Fsp3) is 0.667. The molecule has 2 N–H and O–H groups in total. The number of carboxylic acid groups (broad SMARTS) is 1. The molecule has 0 spiro atoms. The number of nitrogens with zero attached hydrogens (tertiary/aromatic N) is 1. The van der Waals surface area contributed by atoms with Gasteiger partial charge in [-0.3, -0.25) is 4.79 Å². The molecule has 0 saturated heterocycles. The van der Waals surface area contributed by atoms with Gasteiger partial charge in [0.1, 0.15) is 0 Å². The largest absolute Gasteiger partial charge is 0.476 e. The highest BCUT2D eigenvalue weighted by atomic mass is 16.4. The van der Waals surface area contributed by atoms with Crippen molar-refractivity contribution in [2.75, 3.05) is 0 Å². The van der Waals surface area contributed by atoms with Crippen molar-refractivity contribution in [2.24, 2.45) is 23.7 Å². The van der Waals surface area contributed by atoms with Crippen LogP contribution in [0.25, 0.3) is 0 Å². The average Bonchev–Trinajstić information content (AvgIpc) is 2.37. The normalized spacial score (nSPS) is 38.1. The molecule has 0 unspecified atom stereocenters. The third-order valence-electron chi connectivity index (χ3n) is 5.63. The molecule has 5 nitrogen and oxygen atoms in total. The van der Waals surface area contributed by atoms with Crippen LogP contribution in [0.1, 0.15) is 54.1 Å². The van der Waals surface area contributed by atoms with Crippen molar-refractivity contribution in [1.29, 1.82) is 0 Å². The maximum Gasteiger partial charge on any atom is 0.356 e. The second-order valence-electron chi connectivity index (χ2n) is 6.80. The van der Waals surface area contributed by atoms with Crippen LogP contribution in [0.15, 0.2) is 10.9 Å². The van der Waals surface area contributed by atoms with Gasteiger partial charge >= 0.3 is 5.97 Å². The van der Waals surface area contributed by atoms with Gasteiger partial charge in [0.15, 0.2) is 5.69 Å². The first kappa shape index (κ1) is 12.1. The van der Waals surface area contributed by atoms with Crippen LogP contribution in [-0.2, 0) is 0 Å². The van der Waals surface area contributed by atoms with Crippen molar-refractivity contribution in [1.82, 2.24) is 10.2 Å². The summed E-state index contributed by atoms with van der Waals surface area (Å²) in [5.41, 5.74) is 0.427. The molecule has 4 aliphatic carbocycles. The molecule has 1 heterocycles. The third-order valence-corrected chi connectivity index (χ3v) is 5.63. The Bertz CT molecular complexity index is 594. The maximum atomic E-state index is 11.6. The Morgan fingerprint density at radius 2 is 1.75 bits per heavy atom. The van der Waals surface area contributed by atoms with E-state index in [1.807, 2.05) is 0 Å². The first-order valence-electron chi connectivity index (χ1n) is 7.44. The van der Waals surface area contributed by atoms with Gasteiger partial charge in [0.05, 0.1) is 0 Å². The second kappa shape index (κ2) is 4.17. The highest BCUT2D eigenvalue weighted by Crippen LogP contribution is 2.59. The molecule has 5 rings (SSSR count). The smallest absolute Gasteiger partial charge is 0.356 e. The molecule has 0 radical (unpaired) electrons. The van der Waals surface area contributed by atoms with Gasteiger partial charge in [0.2, 0.25) is 0 Å². The molecule has 1 aromatic heterocycles. The van der Waals surface area contributed by atoms with Crippen molar-refractivity contribution in [2.45, 2.75) is 38.0 Å². The summed E-state index contributed by atoms with van der Waals surface area (Å²) >= 11 is 0. The molecule has 4 saturated carbocycles. The molecule has 5 heteroatoms. The summed E-state index contributed by atoms with van der Waals surface area (Å²) in [5.74, 6) is 1.95. The number of rotatable bonds is 2. The van der Waals surface area contributed by atoms with Crippen LogP contribution in [0.5, 0.6) is 0 Å². The summed E-state index contributed by atoms with van der Waals surface area (Å²) in [6.07, 6.45) is 6.15. The predicted octanol–water partition coefficient (Wildman–Crippen LogP) is 2.01. The van der Waals surface area contributed by atoms with E-state index in [1.54, 1.807) is 0 Å². The van der Waals surface area contributed by atoms with Gasteiger partial charge in [-0.05, 0) is 67.3 Å². The van der Waals surface area contributed by atoms with E-state index < -0.39 is 5.97 Å². The zero-order chi connectivity index (χ0) is 13.9. The van der Waals surface area contributed by atoms with E-state index in [1.165, 1.54) is 38.2 Å². The predicted molar refractivity (Wildman–Crippen MR) is 71.6 cm³/mol. The topological polar surface area (TPSA) is 83.0 Å². The minimum absolute atomic E-state index is 0.0436. The van der Waals surface area contributed by atoms with Crippen molar-refractivity contribution in [3.8, 4) is 0 Å². The molecule has 4 fully saturated rings. The van der Waals surface area contributed by atoms with E-state index in [0.717, 1.165) is 11.8 Å². The average molecular weight is 274 g/mol. The molecular weight excluding hydrogens is 256 g/mol. The summed E-state index contributed by atoms with van der Waals surface area (Å²) in [4.78, 5) is 23.0.